The number of hydrogen-bond acceptors (Lipinski definition) is 4. The quantitative estimate of drug-likeness (QED) is 0.770. The Labute approximate surface area is 105 Å². The molecular weight excluding hydrogens is 214 g/mol. The first-order valence-corrected chi connectivity index (χ1v) is 6.95. The van der Waals surface area contributed by atoms with Gasteiger partial charge in [-0.25, -0.2) is 0 Å². The van der Waals surface area contributed by atoms with Crippen LogP contribution in [0.25, 0.3) is 0 Å². The van der Waals surface area contributed by atoms with Crippen LogP contribution in [-0.2, 0) is 4.74 Å². The van der Waals surface area contributed by atoms with Crippen LogP contribution in [0.2, 0.25) is 0 Å². The van der Waals surface area contributed by atoms with Crippen molar-refractivity contribution in [3.8, 4) is 0 Å². The van der Waals surface area contributed by atoms with E-state index in [0.717, 1.165) is 6.54 Å². The van der Waals surface area contributed by atoms with Gasteiger partial charge in [0.15, 0.2) is 0 Å². The van der Waals surface area contributed by atoms with Crippen LogP contribution in [0.5, 0.6) is 0 Å². The summed E-state index contributed by atoms with van der Waals surface area (Å²) in [6.07, 6.45) is 1.59. The highest BCUT2D eigenvalue weighted by Crippen LogP contribution is 2.14. The molecule has 3 atom stereocenters. The average molecular weight is 241 g/mol. The van der Waals surface area contributed by atoms with E-state index in [-0.39, 0.29) is 0 Å². The van der Waals surface area contributed by atoms with E-state index in [1.807, 2.05) is 7.11 Å². The summed E-state index contributed by atoms with van der Waals surface area (Å²) in [7, 11) is 1.82. The fourth-order valence-corrected chi connectivity index (χ4v) is 3.12. The van der Waals surface area contributed by atoms with E-state index in [1.54, 1.807) is 0 Å². The first kappa shape index (κ1) is 13.3. The third-order valence-corrected chi connectivity index (χ3v) is 4.25. The minimum Gasteiger partial charge on any atom is -0.380 e. The first-order valence-electron chi connectivity index (χ1n) is 6.95. The molecule has 0 spiro atoms. The molecule has 1 N–H and O–H groups in total. The first-order chi connectivity index (χ1) is 8.22. The number of nitrogens with zero attached hydrogens (tertiary/aromatic N) is 2. The highest BCUT2D eigenvalue weighted by Gasteiger charge is 2.28. The van der Waals surface area contributed by atoms with Gasteiger partial charge in [-0.15, -0.1) is 0 Å². The predicted octanol–water partition coefficient (Wildman–Crippen LogP) is 0.389. The van der Waals surface area contributed by atoms with Gasteiger partial charge in [-0.1, -0.05) is 6.92 Å². The van der Waals surface area contributed by atoms with E-state index in [1.165, 1.54) is 39.1 Å². The van der Waals surface area contributed by atoms with Crippen LogP contribution in [0.1, 0.15) is 20.3 Å². The van der Waals surface area contributed by atoms with Gasteiger partial charge in [0.2, 0.25) is 0 Å². The van der Waals surface area contributed by atoms with Crippen LogP contribution >= 0.6 is 0 Å². The number of methoxy groups -OCH3 is 1. The van der Waals surface area contributed by atoms with Crippen molar-refractivity contribution in [2.45, 2.75) is 38.5 Å². The molecule has 0 aromatic heterocycles. The van der Waals surface area contributed by atoms with Gasteiger partial charge in [-0.05, 0) is 19.9 Å². The Morgan fingerprint density at radius 1 is 1.35 bits per heavy atom. The maximum Gasteiger partial charge on any atom is 0.0711 e. The van der Waals surface area contributed by atoms with E-state index in [9.17, 15) is 0 Å². The zero-order valence-corrected chi connectivity index (χ0v) is 11.5. The number of hydrogen-bond donors (Lipinski definition) is 1. The zero-order valence-electron chi connectivity index (χ0n) is 11.5. The van der Waals surface area contributed by atoms with E-state index in [4.69, 9.17) is 4.74 Å². The Hall–Kier alpha value is -0.160. The lowest BCUT2D eigenvalue weighted by Crippen LogP contribution is -2.53. The molecule has 0 aromatic rings. The minimum absolute atomic E-state index is 0.425. The molecule has 4 heteroatoms. The number of likely N-dealkylation sites (N-methyl/N-ethyl adjacent to an activating group) is 1. The number of nitrogens with one attached hydrogen (secondary N) is 1. The molecule has 0 aliphatic carbocycles. The van der Waals surface area contributed by atoms with Gasteiger partial charge < -0.3 is 10.1 Å². The van der Waals surface area contributed by atoms with Gasteiger partial charge in [0.05, 0.1) is 6.10 Å². The highest BCUT2D eigenvalue weighted by molar-refractivity contribution is 4.87. The Morgan fingerprint density at radius 2 is 2.18 bits per heavy atom. The molecule has 2 aliphatic heterocycles. The number of piperazine rings is 1. The summed E-state index contributed by atoms with van der Waals surface area (Å²) in [5, 5.41) is 3.56. The second kappa shape index (κ2) is 6.14. The lowest BCUT2D eigenvalue weighted by Gasteiger charge is -2.40. The molecule has 100 valence electrons. The Balaban J connectivity index is 1.74. The molecule has 0 saturated carbocycles. The van der Waals surface area contributed by atoms with Crippen LogP contribution in [0.15, 0.2) is 0 Å². The molecule has 2 aliphatic rings. The van der Waals surface area contributed by atoms with E-state index >= 15 is 0 Å². The molecule has 0 aromatic carbocycles. The van der Waals surface area contributed by atoms with E-state index < -0.39 is 0 Å². The van der Waals surface area contributed by atoms with Crippen molar-refractivity contribution in [1.82, 2.24) is 15.1 Å². The van der Waals surface area contributed by atoms with Crippen LogP contribution in [0.3, 0.4) is 0 Å². The lowest BCUT2D eigenvalue weighted by molar-refractivity contribution is 0.0792. The SMILES string of the molecule is CCN1CCN(CC2CC(OC)CN2)CC1C. The van der Waals surface area contributed by atoms with Gasteiger partial charge in [0.25, 0.3) is 0 Å². The molecule has 0 bridgehead atoms. The predicted molar refractivity (Wildman–Crippen MR) is 70.4 cm³/mol. The smallest absolute Gasteiger partial charge is 0.0711 e. The average Bonchev–Trinajstić information content (AvgIpc) is 2.77. The molecule has 2 fully saturated rings. The monoisotopic (exact) mass is 241 g/mol. The van der Waals surface area contributed by atoms with Crippen molar-refractivity contribution in [2.24, 2.45) is 0 Å². The Bertz CT molecular complexity index is 237. The molecule has 17 heavy (non-hydrogen) atoms. The van der Waals surface area contributed by atoms with E-state index in [2.05, 4.69) is 29.0 Å². The topological polar surface area (TPSA) is 27.7 Å². The highest BCUT2D eigenvalue weighted by atomic mass is 16.5. The standard InChI is InChI=1S/C13H27N3O/c1-4-16-6-5-15(9-11(16)2)10-12-7-13(17-3)8-14-12/h11-14H,4-10H2,1-3H3. The summed E-state index contributed by atoms with van der Waals surface area (Å²) in [6, 6.07) is 1.33. The van der Waals surface area contributed by atoms with Gasteiger partial charge in [-0.2, -0.15) is 0 Å². The van der Waals surface area contributed by atoms with Crippen molar-refractivity contribution in [2.75, 3.05) is 46.4 Å². The van der Waals surface area contributed by atoms with Crippen molar-refractivity contribution in [3.63, 3.8) is 0 Å². The fourth-order valence-electron chi connectivity index (χ4n) is 3.12. The molecule has 0 radical (unpaired) electrons. The van der Waals surface area contributed by atoms with Crippen LogP contribution in [-0.4, -0.2) is 74.4 Å². The van der Waals surface area contributed by atoms with Crippen LogP contribution in [0, 0.1) is 0 Å². The summed E-state index contributed by atoms with van der Waals surface area (Å²) in [5.74, 6) is 0. The molecule has 3 unspecified atom stereocenters. The molecule has 0 amide bonds. The van der Waals surface area contributed by atoms with Crippen molar-refractivity contribution in [3.05, 3.63) is 0 Å². The van der Waals surface area contributed by atoms with Gasteiger partial charge >= 0.3 is 0 Å². The van der Waals surface area contributed by atoms with Gasteiger partial charge in [0, 0.05) is 51.9 Å². The van der Waals surface area contributed by atoms with E-state index in [0.29, 0.717) is 18.2 Å². The summed E-state index contributed by atoms with van der Waals surface area (Å²) in [4.78, 5) is 5.17. The number of ether oxygens (including phenoxy) is 1. The van der Waals surface area contributed by atoms with Crippen LogP contribution < -0.4 is 5.32 Å². The summed E-state index contributed by atoms with van der Waals surface area (Å²) >= 11 is 0. The third kappa shape index (κ3) is 3.41. The summed E-state index contributed by atoms with van der Waals surface area (Å²) < 4.78 is 5.40. The normalized spacial score (nSPS) is 36.5. The van der Waals surface area contributed by atoms with Gasteiger partial charge in [0.1, 0.15) is 0 Å². The Kier molecular flexibility index (Phi) is 4.79. The Morgan fingerprint density at radius 3 is 2.76 bits per heavy atom. The minimum atomic E-state index is 0.425. The largest absolute Gasteiger partial charge is 0.380 e. The maximum absolute atomic E-state index is 5.40. The number of rotatable bonds is 4. The molecule has 2 heterocycles. The van der Waals surface area contributed by atoms with Crippen molar-refractivity contribution in [1.29, 1.82) is 0 Å². The second-order valence-electron chi connectivity index (χ2n) is 5.44. The summed E-state index contributed by atoms with van der Waals surface area (Å²) in [5.41, 5.74) is 0. The fraction of sp³-hybridized carbons (Fsp3) is 1.00. The molecule has 4 nitrogen and oxygen atoms in total. The lowest BCUT2D eigenvalue weighted by atomic mass is 10.1. The van der Waals surface area contributed by atoms with Gasteiger partial charge in [-0.3, -0.25) is 9.80 Å². The molecule has 2 saturated heterocycles. The van der Waals surface area contributed by atoms with Crippen LogP contribution in [0.4, 0.5) is 0 Å². The summed E-state index contributed by atoms with van der Waals surface area (Å²) in [6.45, 7) is 11.6. The molecule has 2 rings (SSSR count). The zero-order chi connectivity index (χ0) is 12.3. The maximum atomic E-state index is 5.40. The second-order valence-corrected chi connectivity index (χ2v) is 5.44. The van der Waals surface area contributed by atoms with Crippen molar-refractivity contribution < 1.29 is 4.74 Å². The van der Waals surface area contributed by atoms with Crippen molar-refractivity contribution >= 4 is 0 Å². The molecular formula is C13H27N3O. The third-order valence-electron chi connectivity index (χ3n) is 4.25.